The number of likely N-dealkylation sites (tertiary alicyclic amines) is 1. The van der Waals surface area contributed by atoms with Crippen LogP contribution in [0.4, 0.5) is 0 Å². The summed E-state index contributed by atoms with van der Waals surface area (Å²) in [6, 6.07) is 25.0. The van der Waals surface area contributed by atoms with Gasteiger partial charge in [0.15, 0.2) is 11.5 Å². The van der Waals surface area contributed by atoms with Crippen molar-refractivity contribution in [1.29, 1.82) is 0 Å². The predicted octanol–water partition coefficient (Wildman–Crippen LogP) is 6.53. The lowest BCUT2D eigenvalue weighted by Gasteiger charge is -2.32. The van der Waals surface area contributed by atoms with E-state index in [1.54, 1.807) is 7.11 Å². The minimum atomic E-state index is 0. The van der Waals surface area contributed by atoms with Crippen molar-refractivity contribution in [2.24, 2.45) is 0 Å². The molecule has 1 aliphatic rings. The maximum absolute atomic E-state index is 6.30. The summed E-state index contributed by atoms with van der Waals surface area (Å²) >= 11 is 6.30. The first-order chi connectivity index (χ1) is 15.7. The summed E-state index contributed by atoms with van der Waals surface area (Å²) in [6.07, 6.45) is 2.29. The Hall–Kier alpha value is -1.95. The predicted molar refractivity (Wildman–Crippen MR) is 145 cm³/mol. The number of halogens is 3. The Kier molecular flexibility index (Phi) is 12.0. The van der Waals surface area contributed by atoms with Crippen LogP contribution in [0.3, 0.4) is 0 Å². The lowest BCUT2D eigenvalue weighted by molar-refractivity contribution is 0.189. The van der Waals surface area contributed by atoms with Crippen molar-refractivity contribution < 1.29 is 9.47 Å². The third-order valence-corrected chi connectivity index (χ3v) is 6.40. The molecule has 0 aliphatic carbocycles. The number of piperidine rings is 1. The minimum absolute atomic E-state index is 0. The molecule has 184 valence electrons. The Labute approximate surface area is 220 Å². The zero-order chi connectivity index (χ0) is 22.2. The molecule has 4 rings (SSSR count). The molecule has 1 aliphatic heterocycles. The maximum Gasteiger partial charge on any atom is 0.166 e. The lowest BCUT2D eigenvalue weighted by Crippen LogP contribution is -2.41. The van der Waals surface area contributed by atoms with Crippen LogP contribution >= 0.6 is 36.4 Å². The van der Waals surface area contributed by atoms with Gasteiger partial charge < -0.3 is 14.8 Å². The average molecular weight is 524 g/mol. The summed E-state index contributed by atoms with van der Waals surface area (Å²) in [4.78, 5) is 2.54. The summed E-state index contributed by atoms with van der Waals surface area (Å²) < 4.78 is 11.8. The molecule has 1 fully saturated rings. The van der Waals surface area contributed by atoms with Gasteiger partial charge in [0.05, 0.1) is 7.11 Å². The zero-order valence-electron chi connectivity index (χ0n) is 19.4. The molecule has 3 aromatic rings. The van der Waals surface area contributed by atoms with Crippen molar-refractivity contribution in [2.45, 2.75) is 38.6 Å². The monoisotopic (exact) mass is 522 g/mol. The molecule has 0 aromatic heterocycles. The fraction of sp³-hybridized carbons (Fsp3) is 0.333. The molecular weight excluding hydrogens is 491 g/mol. The first-order valence-corrected chi connectivity index (χ1v) is 11.6. The summed E-state index contributed by atoms with van der Waals surface area (Å²) in [5.74, 6) is 1.53. The molecule has 1 heterocycles. The Morgan fingerprint density at radius 2 is 1.56 bits per heavy atom. The highest BCUT2D eigenvalue weighted by Gasteiger charge is 2.20. The Balaban J connectivity index is 0.00000204. The molecule has 0 radical (unpaired) electrons. The van der Waals surface area contributed by atoms with E-state index in [2.05, 4.69) is 46.6 Å². The zero-order valence-corrected chi connectivity index (χ0v) is 21.8. The summed E-state index contributed by atoms with van der Waals surface area (Å²) in [7, 11) is 1.68. The molecule has 34 heavy (non-hydrogen) atoms. The SMILES string of the molecule is COc1cccc(CNC2CCN(Cc3ccccc3)CC2)c1OCc1ccccc1Cl.Cl.Cl. The fourth-order valence-electron chi connectivity index (χ4n) is 4.18. The van der Waals surface area contributed by atoms with Gasteiger partial charge in [0.25, 0.3) is 0 Å². The molecule has 1 N–H and O–H groups in total. The van der Waals surface area contributed by atoms with Crippen LogP contribution in [0.25, 0.3) is 0 Å². The highest BCUT2D eigenvalue weighted by Crippen LogP contribution is 2.32. The molecule has 0 amide bonds. The number of hydrogen-bond donors (Lipinski definition) is 1. The van der Waals surface area contributed by atoms with Gasteiger partial charge in [-0.3, -0.25) is 4.90 Å². The minimum Gasteiger partial charge on any atom is -0.493 e. The van der Waals surface area contributed by atoms with Crippen LogP contribution in [0.5, 0.6) is 11.5 Å². The van der Waals surface area contributed by atoms with Gasteiger partial charge in [-0.25, -0.2) is 0 Å². The Morgan fingerprint density at radius 1 is 0.882 bits per heavy atom. The molecule has 0 saturated carbocycles. The van der Waals surface area contributed by atoms with Gasteiger partial charge in [0, 0.05) is 35.3 Å². The van der Waals surface area contributed by atoms with E-state index < -0.39 is 0 Å². The molecule has 0 atom stereocenters. The topological polar surface area (TPSA) is 33.7 Å². The highest BCUT2D eigenvalue weighted by molar-refractivity contribution is 6.31. The van der Waals surface area contributed by atoms with Crippen molar-refractivity contribution >= 4 is 36.4 Å². The van der Waals surface area contributed by atoms with Gasteiger partial charge in [-0.2, -0.15) is 0 Å². The number of ether oxygens (including phenoxy) is 2. The van der Waals surface area contributed by atoms with Gasteiger partial charge in [-0.15, -0.1) is 24.8 Å². The van der Waals surface area contributed by atoms with E-state index >= 15 is 0 Å². The van der Waals surface area contributed by atoms with Gasteiger partial charge in [-0.1, -0.05) is 72.3 Å². The van der Waals surface area contributed by atoms with Gasteiger partial charge in [0.1, 0.15) is 6.61 Å². The first-order valence-electron chi connectivity index (χ1n) is 11.2. The third-order valence-electron chi connectivity index (χ3n) is 6.03. The van der Waals surface area contributed by atoms with Crippen LogP contribution in [-0.4, -0.2) is 31.1 Å². The number of rotatable bonds is 9. The van der Waals surface area contributed by atoms with Crippen LogP contribution < -0.4 is 14.8 Å². The van der Waals surface area contributed by atoms with E-state index in [4.69, 9.17) is 21.1 Å². The molecule has 7 heteroatoms. The van der Waals surface area contributed by atoms with Crippen molar-refractivity contribution in [3.8, 4) is 11.5 Å². The second kappa shape index (κ2) is 14.4. The summed E-state index contributed by atoms with van der Waals surface area (Å²) in [5, 5.41) is 4.45. The lowest BCUT2D eigenvalue weighted by atomic mass is 10.0. The van der Waals surface area contributed by atoms with Crippen LogP contribution in [0.2, 0.25) is 5.02 Å². The molecule has 3 aromatic carbocycles. The normalized spacial score (nSPS) is 14.1. The third kappa shape index (κ3) is 7.79. The second-order valence-corrected chi connectivity index (χ2v) is 8.65. The van der Waals surface area contributed by atoms with Gasteiger partial charge in [-0.05, 0) is 43.6 Å². The van der Waals surface area contributed by atoms with Crippen molar-refractivity contribution in [3.05, 3.63) is 94.5 Å². The van der Waals surface area contributed by atoms with Crippen LogP contribution in [0.1, 0.15) is 29.5 Å². The van der Waals surface area contributed by atoms with E-state index in [-0.39, 0.29) is 24.8 Å². The summed E-state index contributed by atoms with van der Waals surface area (Å²) in [5.41, 5.74) is 3.45. The van der Waals surface area contributed by atoms with Crippen LogP contribution in [0.15, 0.2) is 72.8 Å². The maximum atomic E-state index is 6.30. The average Bonchev–Trinajstić information content (AvgIpc) is 2.84. The number of nitrogens with one attached hydrogen (secondary N) is 1. The number of benzene rings is 3. The van der Waals surface area contributed by atoms with Crippen molar-refractivity contribution in [1.82, 2.24) is 10.2 Å². The van der Waals surface area contributed by atoms with Gasteiger partial charge in [0.2, 0.25) is 0 Å². The smallest absolute Gasteiger partial charge is 0.166 e. The Morgan fingerprint density at radius 3 is 2.26 bits per heavy atom. The number of hydrogen-bond acceptors (Lipinski definition) is 4. The van der Waals surface area contributed by atoms with Crippen LogP contribution in [-0.2, 0) is 19.7 Å². The molecule has 0 bridgehead atoms. The molecule has 0 spiro atoms. The Bertz CT molecular complexity index is 996. The standard InChI is InChI=1S/C27H31ClN2O2.2ClH/c1-31-26-13-7-11-22(27(26)32-20-23-10-5-6-12-25(23)28)18-29-24-14-16-30(17-15-24)19-21-8-3-2-4-9-21;;/h2-13,24,29H,14-20H2,1H3;2*1H. The van der Waals surface area contributed by atoms with E-state index in [9.17, 15) is 0 Å². The quantitative estimate of drug-likeness (QED) is 0.346. The van der Waals surface area contributed by atoms with E-state index in [0.717, 1.165) is 61.6 Å². The number of nitrogens with zero attached hydrogens (tertiary/aromatic N) is 1. The van der Waals surface area contributed by atoms with E-state index in [1.165, 1.54) is 5.56 Å². The highest BCUT2D eigenvalue weighted by atomic mass is 35.5. The molecule has 4 nitrogen and oxygen atoms in total. The van der Waals surface area contributed by atoms with Crippen LogP contribution in [0, 0.1) is 0 Å². The molecule has 1 saturated heterocycles. The number of methoxy groups -OCH3 is 1. The molecular formula is C27H33Cl3N2O2. The largest absolute Gasteiger partial charge is 0.493 e. The van der Waals surface area contributed by atoms with E-state index in [1.807, 2.05) is 36.4 Å². The first kappa shape index (κ1) is 28.3. The van der Waals surface area contributed by atoms with Crippen molar-refractivity contribution in [3.63, 3.8) is 0 Å². The summed E-state index contributed by atoms with van der Waals surface area (Å²) in [6.45, 7) is 4.41. The second-order valence-electron chi connectivity index (χ2n) is 8.25. The number of para-hydroxylation sites is 1. The van der Waals surface area contributed by atoms with E-state index in [0.29, 0.717) is 17.7 Å². The van der Waals surface area contributed by atoms with Crippen molar-refractivity contribution in [2.75, 3.05) is 20.2 Å². The van der Waals surface area contributed by atoms with Gasteiger partial charge >= 0.3 is 0 Å². The fourth-order valence-corrected chi connectivity index (χ4v) is 4.37. The molecule has 0 unspecified atom stereocenters.